The quantitative estimate of drug-likeness (QED) is 0.679. The molecule has 1 aromatic rings. The number of H-pyrrole nitrogens is 1. The predicted molar refractivity (Wildman–Crippen MR) is 41.4 cm³/mol. The van der Waals surface area contributed by atoms with Crippen LogP contribution < -0.4 is 5.32 Å². The Labute approximate surface area is 64.6 Å². The van der Waals surface area contributed by atoms with Gasteiger partial charge in [0.15, 0.2) is 0 Å². The Hall–Kier alpha value is -1.45. The Morgan fingerprint density at radius 1 is 1.82 bits per heavy atom. The van der Waals surface area contributed by atoms with Gasteiger partial charge in [0, 0.05) is 12.4 Å². The molecule has 1 aromatic heterocycles. The number of carbonyl (C=O) groups excluding carboxylic acids is 1. The molecular weight excluding hydrogens is 144 g/mol. The maximum Gasteiger partial charge on any atom is 0.411 e. The third-order valence-electron chi connectivity index (χ3n) is 1.12. The number of amides is 1. The molecule has 11 heavy (non-hydrogen) atoms. The monoisotopic (exact) mass is 154 g/mol. The number of rotatable bonds is 2. The fraction of sp³-hybridized carbons (Fsp3) is 0.286. The summed E-state index contributed by atoms with van der Waals surface area (Å²) in [6.45, 7) is 2.15. The van der Waals surface area contributed by atoms with Gasteiger partial charge in [-0.1, -0.05) is 0 Å². The van der Waals surface area contributed by atoms with Crippen molar-refractivity contribution in [3.63, 3.8) is 0 Å². The van der Waals surface area contributed by atoms with Gasteiger partial charge in [0.1, 0.15) is 0 Å². The molecule has 0 atom stereocenters. The zero-order valence-electron chi connectivity index (χ0n) is 6.26. The maximum atomic E-state index is 10.8. The van der Waals surface area contributed by atoms with E-state index in [4.69, 9.17) is 0 Å². The fourth-order valence-electron chi connectivity index (χ4n) is 0.687. The summed E-state index contributed by atoms with van der Waals surface area (Å²) in [5.41, 5.74) is 0.712. The molecule has 60 valence electrons. The highest BCUT2D eigenvalue weighted by Crippen LogP contribution is 2.03. The maximum absolute atomic E-state index is 10.8. The number of hydrogen-bond donors (Lipinski definition) is 2. The first kappa shape index (κ1) is 7.65. The van der Waals surface area contributed by atoms with Gasteiger partial charge in [0.25, 0.3) is 0 Å². The highest BCUT2D eigenvalue weighted by Gasteiger charge is 1.99. The van der Waals surface area contributed by atoms with Crippen molar-refractivity contribution in [1.29, 1.82) is 0 Å². The SMILES string of the molecule is CCOC(=O)Nc1cc[nH]c1. The van der Waals surface area contributed by atoms with Crippen molar-refractivity contribution in [3.8, 4) is 0 Å². The number of carbonyl (C=O) groups is 1. The zero-order chi connectivity index (χ0) is 8.10. The molecule has 0 saturated heterocycles. The Morgan fingerprint density at radius 2 is 2.64 bits per heavy atom. The summed E-state index contributed by atoms with van der Waals surface area (Å²) in [6.07, 6.45) is 2.98. The number of aromatic amines is 1. The zero-order valence-corrected chi connectivity index (χ0v) is 6.26. The second-order valence-electron chi connectivity index (χ2n) is 1.95. The van der Waals surface area contributed by atoms with E-state index in [2.05, 4.69) is 15.0 Å². The first-order chi connectivity index (χ1) is 5.33. The molecule has 0 radical (unpaired) electrons. The molecule has 0 spiro atoms. The fourth-order valence-corrected chi connectivity index (χ4v) is 0.687. The van der Waals surface area contributed by atoms with Gasteiger partial charge in [-0.3, -0.25) is 5.32 Å². The normalized spacial score (nSPS) is 9.18. The van der Waals surface area contributed by atoms with Gasteiger partial charge in [0.2, 0.25) is 0 Å². The number of anilines is 1. The molecule has 0 fully saturated rings. The van der Waals surface area contributed by atoms with Crippen LogP contribution >= 0.6 is 0 Å². The standard InChI is InChI=1S/C7H10N2O2/c1-2-11-7(10)9-6-3-4-8-5-6/h3-5,8H,2H2,1H3,(H,9,10). The summed E-state index contributed by atoms with van der Waals surface area (Å²) in [7, 11) is 0. The van der Waals surface area contributed by atoms with Crippen LogP contribution in [0.4, 0.5) is 10.5 Å². The summed E-state index contributed by atoms with van der Waals surface area (Å²) in [6, 6.07) is 1.75. The van der Waals surface area contributed by atoms with Crippen LogP contribution in [0.15, 0.2) is 18.5 Å². The van der Waals surface area contributed by atoms with Gasteiger partial charge in [-0.05, 0) is 13.0 Å². The van der Waals surface area contributed by atoms with E-state index in [0.717, 1.165) is 0 Å². The summed E-state index contributed by atoms with van der Waals surface area (Å²) >= 11 is 0. The van der Waals surface area contributed by atoms with Crippen molar-refractivity contribution in [3.05, 3.63) is 18.5 Å². The van der Waals surface area contributed by atoms with Crippen LogP contribution in [0.2, 0.25) is 0 Å². The molecule has 0 unspecified atom stereocenters. The lowest BCUT2D eigenvalue weighted by atomic mass is 10.5. The van der Waals surface area contributed by atoms with Crippen LogP contribution in [-0.2, 0) is 4.74 Å². The summed E-state index contributed by atoms with van der Waals surface area (Å²) in [5.74, 6) is 0. The smallest absolute Gasteiger partial charge is 0.411 e. The molecule has 1 heterocycles. The molecule has 0 aromatic carbocycles. The minimum atomic E-state index is -0.424. The number of hydrogen-bond acceptors (Lipinski definition) is 2. The van der Waals surface area contributed by atoms with Gasteiger partial charge in [-0.25, -0.2) is 4.79 Å². The third kappa shape index (κ3) is 2.33. The Morgan fingerprint density at radius 3 is 3.18 bits per heavy atom. The van der Waals surface area contributed by atoms with Crippen LogP contribution in [-0.4, -0.2) is 17.7 Å². The van der Waals surface area contributed by atoms with Crippen molar-refractivity contribution < 1.29 is 9.53 Å². The number of aromatic nitrogens is 1. The molecule has 4 heteroatoms. The van der Waals surface area contributed by atoms with E-state index in [1.165, 1.54) is 0 Å². The molecule has 0 aliphatic carbocycles. The Bertz CT molecular complexity index is 218. The first-order valence-corrected chi connectivity index (χ1v) is 3.39. The van der Waals surface area contributed by atoms with Crippen molar-refractivity contribution >= 4 is 11.8 Å². The van der Waals surface area contributed by atoms with Gasteiger partial charge in [-0.15, -0.1) is 0 Å². The molecule has 0 bridgehead atoms. The molecule has 0 saturated carbocycles. The second-order valence-corrected chi connectivity index (χ2v) is 1.95. The summed E-state index contributed by atoms with van der Waals surface area (Å²) in [5, 5.41) is 2.53. The van der Waals surface area contributed by atoms with Crippen molar-refractivity contribution in [2.75, 3.05) is 11.9 Å². The molecule has 0 aliphatic rings. The van der Waals surface area contributed by atoms with E-state index in [-0.39, 0.29) is 0 Å². The number of nitrogens with one attached hydrogen (secondary N) is 2. The Kier molecular flexibility index (Phi) is 2.54. The van der Waals surface area contributed by atoms with Crippen LogP contribution in [0.25, 0.3) is 0 Å². The van der Waals surface area contributed by atoms with Crippen LogP contribution in [0.3, 0.4) is 0 Å². The predicted octanol–water partition coefficient (Wildman–Crippen LogP) is 1.58. The van der Waals surface area contributed by atoms with E-state index in [1.54, 1.807) is 25.4 Å². The molecule has 1 amide bonds. The van der Waals surface area contributed by atoms with E-state index in [9.17, 15) is 4.79 Å². The van der Waals surface area contributed by atoms with Crippen LogP contribution in [0, 0.1) is 0 Å². The largest absolute Gasteiger partial charge is 0.450 e. The van der Waals surface area contributed by atoms with Crippen molar-refractivity contribution in [1.82, 2.24) is 4.98 Å². The van der Waals surface area contributed by atoms with Gasteiger partial charge in [0.05, 0.1) is 12.3 Å². The second kappa shape index (κ2) is 3.65. The average Bonchev–Trinajstić information content (AvgIpc) is 2.40. The lowest BCUT2D eigenvalue weighted by Gasteiger charge is -2.00. The topological polar surface area (TPSA) is 54.1 Å². The molecule has 0 aliphatic heterocycles. The van der Waals surface area contributed by atoms with Crippen molar-refractivity contribution in [2.45, 2.75) is 6.92 Å². The van der Waals surface area contributed by atoms with E-state index in [1.807, 2.05) is 0 Å². The van der Waals surface area contributed by atoms with Gasteiger partial charge >= 0.3 is 6.09 Å². The number of ether oxygens (including phenoxy) is 1. The highest BCUT2D eigenvalue weighted by molar-refractivity contribution is 5.84. The summed E-state index contributed by atoms with van der Waals surface area (Å²) in [4.78, 5) is 13.6. The first-order valence-electron chi connectivity index (χ1n) is 3.39. The Balaban J connectivity index is 2.37. The molecular formula is C7H10N2O2. The van der Waals surface area contributed by atoms with Gasteiger partial charge < -0.3 is 9.72 Å². The molecule has 1 rings (SSSR count). The molecule has 2 N–H and O–H groups in total. The lowest BCUT2D eigenvalue weighted by Crippen LogP contribution is -2.12. The highest BCUT2D eigenvalue weighted by atomic mass is 16.5. The van der Waals surface area contributed by atoms with Crippen LogP contribution in [0.1, 0.15) is 6.92 Å². The van der Waals surface area contributed by atoms with E-state index in [0.29, 0.717) is 12.3 Å². The van der Waals surface area contributed by atoms with Gasteiger partial charge in [-0.2, -0.15) is 0 Å². The van der Waals surface area contributed by atoms with E-state index < -0.39 is 6.09 Å². The average molecular weight is 154 g/mol. The minimum absolute atomic E-state index is 0.385. The minimum Gasteiger partial charge on any atom is -0.450 e. The van der Waals surface area contributed by atoms with E-state index >= 15 is 0 Å². The van der Waals surface area contributed by atoms with Crippen LogP contribution in [0.5, 0.6) is 0 Å². The van der Waals surface area contributed by atoms with Crippen molar-refractivity contribution in [2.24, 2.45) is 0 Å². The molecule has 4 nitrogen and oxygen atoms in total. The third-order valence-corrected chi connectivity index (χ3v) is 1.12. The lowest BCUT2D eigenvalue weighted by molar-refractivity contribution is 0.168. The summed E-state index contributed by atoms with van der Waals surface area (Å²) < 4.78 is 4.65.